The molecule has 0 fully saturated rings. The van der Waals surface area contributed by atoms with Gasteiger partial charge in [-0.1, -0.05) is 60.7 Å². The Bertz CT molecular complexity index is 1700. The maximum Gasteiger partial charge on any atom is 0.343 e. The molecule has 0 aliphatic carbocycles. The van der Waals surface area contributed by atoms with Crippen LogP contribution in [0.25, 0.3) is 35.8 Å². The van der Waals surface area contributed by atoms with Crippen LogP contribution in [0.2, 0.25) is 0 Å². The molecule has 6 aromatic rings. The van der Waals surface area contributed by atoms with Gasteiger partial charge in [-0.3, -0.25) is 4.79 Å². The molecular formula is C30H19O3S+. The smallest absolute Gasteiger partial charge is 0.343 e. The highest BCUT2D eigenvalue weighted by atomic mass is 32.2. The largest absolute Gasteiger partial charge is 0.422 e. The second-order valence-electron chi connectivity index (χ2n) is 8.02. The molecule has 162 valence electrons. The quantitative estimate of drug-likeness (QED) is 0.119. The Labute approximate surface area is 198 Å². The van der Waals surface area contributed by atoms with E-state index in [-0.39, 0.29) is 5.43 Å². The standard InChI is InChI=1S/C30H19O3S/c31-29-24-11-3-5-14-27(24)34(28-15-6-4-12-25(28)29)22-18-16-21(17-19-22)30(32)33-26-13-7-9-20-8-1-2-10-23(20)26/h1-19H/q+1. The summed E-state index contributed by atoms with van der Waals surface area (Å²) in [4.78, 5) is 27.0. The second kappa shape index (κ2) is 8.25. The third-order valence-electron chi connectivity index (χ3n) is 5.98. The van der Waals surface area contributed by atoms with Gasteiger partial charge in [0, 0.05) is 15.9 Å². The van der Waals surface area contributed by atoms with Gasteiger partial charge < -0.3 is 4.74 Å². The number of benzene rings is 5. The molecule has 0 N–H and O–H groups in total. The van der Waals surface area contributed by atoms with Crippen molar-refractivity contribution in [2.75, 3.05) is 0 Å². The summed E-state index contributed by atoms with van der Waals surface area (Å²) in [7, 11) is -0.430. The molecule has 3 nitrogen and oxygen atoms in total. The molecule has 0 unspecified atom stereocenters. The Morgan fingerprint density at radius 3 is 1.82 bits per heavy atom. The fourth-order valence-corrected chi connectivity index (χ4v) is 6.70. The summed E-state index contributed by atoms with van der Waals surface area (Å²) >= 11 is 0. The van der Waals surface area contributed by atoms with Crippen molar-refractivity contribution in [3.63, 3.8) is 0 Å². The van der Waals surface area contributed by atoms with Crippen molar-refractivity contribution in [1.82, 2.24) is 0 Å². The fraction of sp³-hybridized carbons (Fsp3) is 0. The average molecular weight is 460 g/mol. The van der Waals surface area contributed by atoms with Gasteiger partial charge in [-0.25, -0.2) is 4.79 Å². The minimum atomic E-state index is -0.430. The Balaban J connectivity index is 1.42. The third kappa shape index (κ3) is 3.36. The first-order chi connectivity index (χ1) is 16.7. The molecule has 0 spiro atoms. The van der Waals surface area contributed by atoms with E-state index in [4.69, 9.17) is 4.74 Å². The molecule has 0 aliphatic heterocycles. The van der Waals surface area contributed by atoms with Crippen LogP contribution in [0, 0.1) is 0 Å². The molecule has 6 rings (SSSR count). The van der Waals surface area contributed by atoms with Crippen molar-refractivity contribution in [3.05, 3.63) is 131 Å². The van der Waals surface area contributed by atoms with E-state index in [0.717, 1.165) is 35.8 Å². The topological polar surface area (TPSA) is 43.4 Å². The van der Waals surface area contributed by atoms with Crippen LogP contribution in [0.1, 0.15) is 10.4 Å². The first-order valence-corrected chi connectivity index (χ1v) is 12.2. The summed E-state index contributed by atoms with van der Waals surface area (Å²) in [6, 6.07) is 36.6. The number of rotatable bonds is 3. The van der Waals surface area contributed by atoms with Gasteiger partial charge in [0.05, 0.1) is 16.3 Å². The molecule has 0 saturated carbocycles. The van der Waals surface area contributed by atoms with Crippen LogP contribution >= 0.6 is 10.5 Å². The van der Waals surface area contributed by atoms with Crippen molar-refractivity contribution in [3.8, 4) is 10.6 Å². The third-order valence-corrected chi connectivity index (χ3v) is 8.32. The van der Waals surface area contributed by atoms with Gasteiger partial charge in [0.15, 0.2) is 14.3 Å². The highest BCUT2D eigenvalue weighted by Crippen LogP contribution is 2.43. The van der Waals surface area contributed by atoms with Crippen molar-refractivity contribution in [2.45, 2.75) is 0 Å². The first-order valence-electron chi connectivity index (χ1n) is 11.0. The number of esters is 1. The zero-order valence-corrected chi connectivity index (χ0v) is 18.9. The zero-order valence-electron chi connectivity index (χ0n) is 18.1. The molecule has 0 atom stereocenters. The van der Waals surface area contributed by atoms with Gasteiger partial charge in [0.25, 0.3) is 0 Å². The molecule has 5 aromatic carbocycles. The number of carbonyl (C=O) groups is 1. The zero-order chi connectivity index (χ0) is 23.1. The summed E-state index contributed by atoms with van der Waals surface area (Å²) in [6.07, 6.45) is 0. The number of ether oxygens (including phenoxy) is 1. The van der Waals surface area contributed by atoms with Crippen LogP contribution in [0.4, 0.5) is 0 Å². The molecular weight excluding hydrogens is 440 g/mol. The predicted molar refractivity (Wildman–Crippen MR) is 140 cm³/mol. The second-order valence-corrected chi connectivity index (χ2v) is 9.98. The van der Waals surface area contributed by atoms with Gasteiger partial charge in [0.1, 0.15) is 5.75 Å². The van der Waals surface area contributed by atoms with E-state index < -0.39 is 16.4 Å². The number of carbonyl (C=O) groups excluding carboxylic acids is 1. The number of hydrogen-bond acceptors (Lipinski definition) is 3. The normalized spacial score (nSPS) is 11.2. The molecule has 1 aromatic heterocycles. The maximum absolute atomic E-state index is 13.0. The highest BCUT2D eigenvalue weighted by molar-refractivity contribution is 7.49. The van der Waals surface area contributed by atoms with Gasteiger partial charge in [-0.2, -0.15) is 0 Å². The Morgan fingerprint density at radius 1 is 0.588 bits per heavy atom. The molecule has 0 radical (unpaired) electrons. The lowest BCUT2D eigenvalue weighted by Crippen LogP contribution is -2.08. The van der Waals surface area contributed by atoms with Crippen LogP contribution in [0.3, 0.4) is 0 Å². The van der Waals surface area contributed by atoms with Crippen molar-refractivity contribution in [1.29, 1.82) is 0 Å². The van der Waals surface area contributed by atoms with Crippen molar-refractivity contribution < 1.29 is 9.53 Å². The van der Waals surface area contributed by atoms with Crippen molar-refractivity contribution in [2.24, 2.45) is 0 Å². The SMILES string of the molecule is O=C(Oc1cccc2ccccc12)c1ccc(-[s+]2c3ccccc3c(=O)c3ccccc32)cc1. The molecule has 0 bridgehead atoms. The maximum atomic E-state index is 13.0. The summed E-state index contributed by atoms with van der Waals surface area (Å²) in [5.74, 6) is 0.147. The minimum Gasteiger partial charge on any atom is -0.422 e. The van der Waals surface area contributed by atoms with Gasteiger partial charge in [-0.15, -0.1) is 0 Å². The van der Waals surface area contributed by atoms with Gasteiger partial charge in [0.2, 0.25) is 5.43 Å². The fourth-order valence-electron chi connectivity index (χ4n) is 4.35. The molecule has 34 heavy (non-hydrogen) atoms. The Kier molecular flexibility index (Phi) is 4.93. The number of fused-ring (bicyclic) bond motifs is 3. The van der Waals surface area contributed by atoms with E-state index in [0.29, 0.717) is 11.3 Å². The first kappa shape index (κ1) is 20.3. The van der Waals surface area contributed by atoms with E-state index in [1.54, 1.807) is 12.1 Å². The summed E-state index contributed by atoms with van der Waals surface area (Å²) in [6.45, 7) is 0. The summed E-state index contributed by atoms with van der Waals surface area (Å²) < 4.78 is 7.77. The number of hydrogen-bond donors (Lipinski definition) is 0. The lowest BCUT2D eigenvalue weighted by atomic mass is 10.1. The van der Waals surface area contributed by atoms with E-state index in [2.05, 4.69) is 0 Å². The molecule has 1 heterocycles. The summed E-state index contributed by atoms with van der Waals surface area (Å²) in [5.41, 5.74) is 0.542. The minimum absolute atomic E-state index is 0.0604. The monoisotopic (exact) mass is 459 g/mol. The van der Waals surface area contributed by atoms with E-state index >= 15 is 0 Å². The molecule has 0 saturated heterocycles. The van der Waals surface area contributed by atoms with Crippen LogP contribution in [-0.2, 0) is 0 Å². The Hall–Kier alpha value is -4.28. The molecule has 0 amide bonds. The van der Waals surface area contributed by atoms with Gasteiger partial charge in [-0.05, 0) is 60.0 Å². The Morgan fingerprint density at radius 2 is 1.15 bits per heavy atom. The summed E-state index contributed by atoms with van der Waals surface area (Å²) in [5, 5.41) is 3.40. The highest BCUT2D eigenvalue weighted by Gasteiger charge is 2.23. The van der Waals surface area contributed by atoms with E-state index in [1.165, 1.54) is 0 Å². The van der Waals surface area contributed by atoms with Crippen LogP contribution in [0.5, 0.6) is 5.75 Å². The molecule has 4 heteroatoms. The van der Waals surface area contributed by atoms with Gasteiger partial charge >= 0.3 is 5.97 Å². The van der Waals surface area contributed by atoms with Crippen LogP contribution < -0.4 is 10.2 Å². The predicted octanol–water partition coefficient (Wildman–Crippen LogP) is 7.46. The van der Waals surface area contributed by atoms with Crippen LogP contribution in [-0.4, -0.2) is 5.97 Å². The van der Waals surface area contributed by atoms with E-state index in [9.17, 15) is 9.59 Å². The molecule has 0 aliphatic rings. The van der Waals surface area contributed by atoms with E-state index in [1.807, 2.05) is 103 Å². The lowest BCUT2D eigenvalue weighted by Gasteiger charge is -2.08. The lowest BCUT2D eigenvalue weighted by molar-refractivity contribution is 0.0737. The average Bonchev–Trinajstić information content (AvgIpc) is 2.89. The van der Waals surface area contributed by atoms with Crippen LogP contribution in [0.15, 0.2) is 120 Å². The van der Waals surface area contributed by atoms with Crippen molar-refractivity contribution >= 4 is 47.4 Å².